The van der Waals surface area contributed by atoms with E-state index in [0.29, 0.717) is 11.5 Å². The lowest BCUT2D eigenvalue weighted by Gasteiger charge is -1.98. The first-order valence-corrected chi connectivity index (χ1v) is 6.63. The molecule has 8 heteroatoms. The molecule has 0 aliphatic rings. The molecule has 0 radical (unpaired) electrons. The molecular formula is C12H10N6OS. The lowest BCUT2D eigenvalue weighted by atomic mass is 10.2. The van der Waals surface area contributed by atoms with Crippen LogP contribution in [0.3, 0.4) is 0 Å². The van der Waals surface area contributed by atoms with Gasteiger partial charge < -0.3 is 5.21 Å². The Hall–Kier alpha value is -2.61. The van der Waals surface area contributed by atoms with E-state index < -0.39 is 0 Å². The molecule has 2 aromatic heterocycles. The molecule has 0 saturated heterocycles. The molecule has 0 bridgehead atoms. The molecule has 0 fully saturated rings. The summed E-state index contributed by atoms with van der Waals surface area (Å²) in [6.45, 7) is 0. The Morgan fingerprint density at radius 3 is 2.75 bits per heavy atom. The van der Waals surface area contributed by atoms with E-state index in [1.165, 1.54) is 16.0 Å². The van der Waals surface area contributed by atoms with Crippen LogP contribution in [-0.4, -0.2) is 36.1 Å². The average Bonchev–Trinajstić information content (AvgIpc) is 3.12. The van der Waals surface area contributed by atoms with Crippen molar-refractivity contribution in [1.82, 2.24) is 25.2 Å². The quantitative estimate of drug-likeness (QED) is 0.448. The van der Waals surface area contributed by atoms with Crippen LogP contribution in [0.15, 0.2) is 40.9 Å². The SMILES string of the molecule is Cn1nnnc1/C(=N/O)c1csc(-c2ccccc2)n1. The maximum atomic E-state index is 9.20. The van der Waals surface area contributed by atoms with Gasteiger partial charge in [0.25, 0.3) is 0 Å². The smallest absolute Gasteiger partial charge is 0.206 e. The minimum absolute atomic E-state index is 0.246. The van der Waals surface area contributed by atoms with E-state index in [0.717, 1.165) is 10.6 Å². The minimum Gasteiger partial charge on any atom is -0.410 e. The van der Waals surface area contributed by atoms with Crippen molar-refractivity contribution in [1.29, 1.82) is 0 Å². The molecule has 1 aromatic carbocycles. The number of aryl methyl sites for hydroxylation is 1. The molecule has 0 atom stereocenters. The monoisotopic (exact) mass is 286 g/mol. The predicted molar refractivity (Wildman–Crippen MR) is 73.8 cm³/mol. The fourth-order valence-electron chi connectivity index (χ4n) is 1.74. The Bertz CT molecular complexity index is 748. The molecule has 3 rings (SSSR count). The van der Waals surface area contributed by atoms with Crippen LogP contribution in [0.25, 0.3) is 10.6 Å². The maximum absolute atomic E-state index is 9.20. The third-order valence-corrected chi connectivity index (χ3v) is 3.59. The lowest BCUT2D eigenvalue weighted by Crippen LogP contribution is -2.11. The fraction of sp³-hybridized carbons (Fsp3) is 0.0833. The molecule has 20 heavy (non-hydrogen) atoms. The van der Waals surface area contributed by atoms with Gasteiger partial charge in [0.1, 0.15) is 10.7 Å². The molecule has 0 spiro atoms. The Labute approximate surface area is 118 Å². The average molecular weight is 286 g/mol. The van der Waals surface area contributed by atoms with Gasteiger partial charge in [-0.05, 0) is 10.4 Å². The first kappa shape index (κ1) is 12.4. The van der Waals surface area contributed by atoms with Crippen molar-refractivity contribution in [3.63, 3.8) is 0 Å². The molecule has 3 aromatic rings. The zero-order valence-corrected chi connectivity index (χ0v) is 11.3. The van der Waals surface area contributed by atoms with Crippen molar-refractivity contribution in [2.24, 2.45) is 12.2 Å². The number of hydrogen-bond donors (Lipinski definition) is 1. The van der Waals surface area contributed by atoms with Crippen LogP contribution in [0.2, 0.25) is 0 Å². The number of benzene rings is 1. The number of nitrogens with zero attached hydrogens (tertiary/aromatic N) is 6. The highest BCUT2D eigenvalue weighted by Gasteiger charge is 2.18. The van der Waals surface area contributed by atoms with Crippen molar-refractivity contribution >= 4 is 17.0 Å². The van der Waals surface area contributed by atoms with Crippen molar-refractivity contribution < 1.29 is 5.21 Å². The number of thiazole rings is 1. The van der Waals surface area contributed by atoms with Crippen LogP contribution in [0.1, 0.15) is 11.5 Å². The van der Waals surface area contributed by atoms with E-state index in [4.69, 9.17) is 0 Å². The van der Waals surface area contributed by atoms with Gasteiger partial charge in [-0.1, -0.05) is 35.5 Å². The van der Waals surface area contributed by atoms with Crippen molar-refractivity contribution in [3.05, 3.63) is 47.2 Å². The second kappa shape index (κ2) is 5.17. The van der Waals surface area contributed by atoms with Crippen molar-refractivity contribution in [2.75, 3.05) is 0 Å². The molecule has 2 heterocycles. The summed E-state index contributed by atoms with van der Waals surface area (Å²) in [6, 6.07) is 9.79. The summed E-state index contributed by atoms with van der Waals surface area (Å²) in [6.07, 6.45) is 0. The molecule has 7 nitrogen and oxygen atoms in total. The maximum Gasteiger partial charge on any atom is 0.206 e. The summed E-state index contributed by atoms with van der Waals surface area (Å²) in [4.78, 5) is 4.47. The van der Waals surface area contributed by atoms with Gasteiger partial charge in [0, 0.05) is 18.0 Å². The van der Waals surface area contributed by atoms with E-state index in [1.807, 2.05) is 35.7 Å². The first-order valence-electron chi connectivity index (χ1n) is 5.75. The van der Waals surface area contributed by atoms with Gasteiger partial charge in [-0.25, -0.2) is 9.67 Å². The van der Waals surface area contributed by atoms with Gasteiger partial charge in [0.05, 0.1) is 0 Å². The molecule has 0 aliphatic carbocycles. The van der Waals surface area contributed by atoms with Crippen LogP contribution in [-0.2, 0) is 7.05 Å². The fourth-order valence-corrected chi connectivity index (χ4v) is 2.55. The van der Waals surface area contributed by atoms with E-state index in [9.17, 15) is 5.21 Å². The second-order valence-corrected chi connectivity index (χ2v) is 4.84. The summed E-state index contributed by atoms with van der Waals surface area (Å²) in [5.41, 5.74) is 1.79. The van der Waals surface area contributed by atoms with Gasteiger partial charge in [0.2, 0.25) is 5.82 Å². The molecule has 100 valence electrons. The zero-order chi connectivity index (χ0) is 13.9. The Morgan fingerprint density at radius 1 is 1.30 bits per heavy atom. The van der Waals surface area contributed by atoms with Crippen LogP contribution < -0.4 is 0 Å². The van der Waals surface area contributed by atoms with Gasteiger partial charge in [-0.2, -0.15) is 0 Å². The molecular weight excluding hydrogens is 276 g/mol. The van der Waals surface area contributed by atoms with Crippen LogP contribution in [0.5, 0.6) is 0 Å². The van der Waals surface area contributed by atoms with Crippen LogP contribution in [0.4, 0.5) is 0 Å². The van der Waals surface area contributed by atoms with E-state index in [-0.39, 0.29) is 5.71 Å². The first-order chi connectivity index (χ1) is 9.79. The van der Waals surface area contributed by atoms with Gasteiger partial charge >= 0.3 is 0 Å². The number of aromatic nitrogens is 5. The molecule has 0 amide bonds. The number of rotatable bonds is 3. The Balaban J connectivity index is 2.00. The van der Waals surface area contributed by atoms with Crippen LogP contribution in [0, 0.1) is 0 Å². The van der Waals surface area contributed by atoms with E-state index in [1.54, 1.807) is 7.05 Å². The van der Waals surface area contributed by atoms with Gasteiger partial charge in [-0.3, -0.25) is 0 Å². The molecule has 1 N–H and O–H groups in total. The molecule has 0 aliphatic heterocycles. The van der Waals surface area contributed by atoms with Crippen LogP contribution >= 0.6 is 11.3 Å². The third-order valence-electron chi connectivity index (χ3n) is 2.70. The van der Waals surface area contributed by atoms with Crippen molar-refractivity contribution in [2.45, 2.75) is 0 Å². The molecule has 0 saturated carbocycles. The van der Waals surface area contributed by atoms with E-state index in [2.05, 4.69) is 25.7 Å². The highest BCUT2D eigenvalue weighted by Crippen LogP contribution is 2.24. The second-order valence-electron chi connectivity index (χ2n) is 3.98. The molecule has 0 unspecified atom stereocenters. The highest BCUT2D eigenvalue weighted by molar-refractivity contribution is 7.13. The Kier molecular flexibility index (Phi) is 3.21. The van der Waals surface area contributed by atoms with E-state index >= 15 is 0 Å². The summed E-state index contributed by atoms with van der Waals surface area (Å²) in [5, 5.41) is 26.2. The third kappa shape index (κ3) is 2.16. The summed E-state index contributed by atoms with van der Waals surface area (Å²) >= 11 is 1.47. The predicted octanol–water partition coefficient (Wildman–Crippen LogP) is 1.56. The lowest BCUT2D eigenvalue weighted by molar-refractivity contribution is 0.319. The summed E-state index contributed by atoms with van der Waals surface area (Å²) < 4.78 is 1.43. The zero-order valence-electron chi connectivity index (χ0n) is 10.5. The topological polar surface area (TPSA) is 89.1 Å². The summed E-state index contributed by atoms with van der Waals surface area (Å²) in [7, 11) is 1.67. The minimum atomic E-state index is 0.246. The number of tetrazole rings is 1. The number of oxime groups is 1. The highest BCUT2D eigenvalue weighted by atomic mass is 32.1. The standard InChI is InChI=1S/C12H10N6OS/c1-18-11(14-16-17-18)10(15-19)9-7-20-12(13-9)8-5-3-2-4-6-8/h2-7,19H,1H3/b15-10+. The number of hydrogen-bond acceptors (Lipinski definition) is 7. The van der Waals surface area contributed by atoms with Crippen molar-refractivity contribution in [3.8, 4) is 10.6 Å². The van der Waals surface area contributed by atoms with Gasteiger partial charge in [-0.15, -0.1) is 16.4 Å². The summed E-state index contributed by atoms with van der Waals surface area (Å²) in [5.74, 6) is 0.359. The van der Waals surface area contributed by atoms with Gasteiger partial charge in [0.15, 0.2) is 5.71 Å². The normalized spacial score (nSPS) is 11.8. The Morgan fingerprint density at radius 2 is 2.10 bits per heavy atom. The largest absolute Gasteiger partial charge is 0.410 e.